The van der Waals surface area contributed by atoms with E-state index in [1.54, 1.807) is 12.1 Å². The highest BCUT2D eigenvalue weighted by atomic mass is 19.1. The maximum absolute atomic E-state index is 12.8. The summed E-state index contributed by atoms with van der Waals surface area (Å²) in [5.41, 5.74) is 0.892. The average molecular weight is 294 g/mol. The Hall–Kier alpha value is -1.46. The smallest absolute Gasteiger partial charge is 0.234 e. The molecule has 0 aromatic heterocycles. The molecule has 2 N–H and O–H groups in total. The summed E-state index contributed by atoms with van der Waals surface area (Å²) in [5, 5.41) is 11.8. The Balaban J connectivity index is 1.74. The molecule has 1 saturated heterocycles. The molecule has 0 aliphatic carbocycles. The summed E-state index contributed by atoms with van der Waals surface area (Å²) in [6, 6.07) is 6.55. The number of benzene rings is 1. The quantitative estimate of drug-likeness (QED) is 0.804. The van der Waals surface area contributed by atoms with Crippen molar-refractivity contribution in [2.24, 2.45) is 0 Å². The molecule has 0 saturated carbocycles. The normalized spacial score (nSPS) is 18.9. The standard InChI is InChI=1S/C16H23FN2O2/c17-14-7-5-13(6-8-14)11-18-16(21)12-19-9-1-3-15(19)4-2-10-20/h5-8,15,20H,1-4,9-12H2,(H,18,21). The van der Waals surface area contributed by atoms with Crippen molar-refractivity contribution in [1.29, 1.82) is 0 Å². The van der Waals surface area contributed by atoms with Crippen molar-refractivity contribution in [3.8, 4) is 0 Å². The number of nitrogens with zero attached hydrogens (tertiary/aromatic N) is 1. The van der Waals surface area contributed by atoms with Gasteiger partial charge in [0, 0.05) is 19.2 Å². The number of aliphatic hydroxyl groups excluding tert-OH is 1. The number of hydrogen-bond donors (Lipinski definition) is 2. The summed E-state index contributed by atoms with van der Waals surface area (Å²) in [6.45, 7) is 1.98. The minimum atomic E-state index is -0.270. The first-order chi connectivity index (χ1) is 10.2. The van der Waals surface area contributed by atoms with Crippen molar-refractivity contribution in [1.82, 2.24) is 10.2 Å². The number of amides is 1. The van der Waals surface area contributed by atoms with Gasteiger partial charge in [-0.1, -0.05) is 12.1 Å². The molecule has 2 rings (SSSR count). The van der Waals surface area contributed by atoms with Gasteiger partial charge >= 0.3 is 0 Å². The van der Waals surface area contributed by atoms with Crippen LogP contribution in [0.5, 0.6) is 0 Å². The predicted molar refractivity (Wildman–Crippen MR) is 79.2 cm³/mol. The molecule has 1 unspecified atom stereocenters. The number of rotatable bonds is 7. The number of carbonyl (C=O) groups is 1. The molecule has 0 radical (unpaired) electrons. The zero-order valence-corrected chi connectivity index (χ0v) is 12.2. The van der Waals surface area contributed by atoms with E-state index in [0.717, 1.165) is 37.8 Å². The number of halogens is 1. The van der Waals surface area contributed by atoms with E-state index in [-0.39, 0.29) is 18.3 Å². The van der Waals surface area contributed by atoms with E-state index < -0.39 is 0 Å². The van der Waals surface area contributed by atoms with E-state index >= 15 is 0 Å². The maximum atomic E-state index is 12.8. The highest BCUT2D eigenvalue weighted by Crippen LogP contribution is 2.20. The molecule has 116 valence electrons. The topological polar surface area (TPSA) is 52.6 Å². The molecule has 5 heteroatoms. The highest BCUT2D eigenvalue weighted by molar-refractivity contribution is 5.78. The SMILES string of the molecule is O=C(CN1CCCC1CCCO)NCc1ccc(F)cc1. The highest BCUT2D eigenvalue weighted by Gasteiger charge is 2.25. The van der Waals surface area contributed by atoms with Gasteiger partial charge in [-0.05, 0) is 49.9 Å². The first kappa shape index (κ1) is 15.9. The monoisotopic (exact) mass is 294 g/mol. The Morgan fingerprint density at radius 3 is 2.86 bits per heavy atom. The minimum Gasteiger partial charge on any atom is -0.396 e. The molecule has 1 atom stereocenters. The lowest BCUT2D eigenvalue weighted by Crippen LogP contribution is -2.39. The predicted octanol–water partition coefficient (Wildman–Crippen LogP) is 1.68. The van der Waals surface area contributed by atoms with Crippen molar-refractivity contribution in [2.75, 3.05) is 19.7 Å². The van der Waals surface area contributed by atoms with E-state index in [9.17, 15) is 9.18 Å². The average Bonchev–Trinajstić information content (AvgIpc) is 2.91. The van der Waals surface area contributed by atoms with Crippen molar-refractivity contribution < 1.29 is 14.3 Å². The Kier molecular flexibility index (Phi) is 6.14. The van der Waals surface area contributed by atoms with Crippen LogP contribution < -0.4 is 5.32 Å². The van der Waals surface area contributed by atoms with Gasteiger partial charge in [0.15, 0.2) is 0 Å². The van der Waals surface area contributed by atoms with Crippen molar-refractivity contribution in [3.05, 3.63) is 35.6 Å². The van der Waals surface area contributed by atoms with Crippen LogP contribution in [0.4, 0.5) is 4.39 Å². The van der Waals surface area contributed by atoms with Crippen LogP contribution in [-0.4, -0.2) is 41.7 Å². The lowest BCUT2D eigenvalue weighted by Gasteiger charge is -2.23. The van der Waals surface area contributed by atoms with Crippen LogP contribution in [0.1, 0.15) is 31.2 Å². The summed E-state index contributed by atoms with van der Waals surface area (Å²) in [6.07, 6.45) is 3.95. The van der Waals surface area contributed by atoms with Crippen LogP contribution >= 0.6 is 0 Å². The van der Waals surface area contributed by atoms with Gasteiger partial charge in [0.25, 0.3) is 0 Å². The molecular formula is C16H23FN2O2. The number of likely N-dealkylation sites (tertiary alicyclic amines) is 1. The number of carbonyl (C=O) groups excluding carboxylic acids is 1. The van der Waals surface area contributed by atoms with Crippen LogP contribution in [0.25, 0.3) is 0 Å². The minimum absolute atomic E-state index is 0.00442. The van der Waals surface area contributed by atoms with Crippen molar-refractivity contribution >= 4 is 5.91 Å². The van der Waals surface area contributed by atoms with Crippen LogP contribution in [0, 0.1) is 5.82 Å². The Labute approximate surface area is 125 Å². The fraction of sp³-hybridized carbons (Fsp3) is 0.562. The molecular weight excluding hydrogens is 271 g/mol. The van der Waals surface area contributed by atoms with Crippen LogP contribution in [0.3, 0.4) is 0 Å². The molecule has 1 aromatic carbocycles. The lowest BCUT2D eigenvalue weighted by atomic mass is 10.1. The van der Waals surface area contributed by atoms with Crippen molar-refractivity contribution in [2.45, 2.75) is 38.3 Å². The van der Waals surface area contributed by atoms with Gasteiger partial charge in [0.1, 0.15) is 5.82 Å². The van der Waals surface area contributed by atoms with Gasteiger partial charge in [-0.25, -0.2) is 4.39 Å². The molecule has 1 heterocycles. The zero-order chi connectivity index (χ0) is 15.1. The molecule has 1 amide bonds. The number of nitrogens with one attached hydrogen (secondary N) is 1. The summed E-state index contributed by atoms with van der Waals surface area (Å²) >= 11 is 0. The zero-order valence-electron chi connectivity index (χ0n) is 12.2. The van der Waals surface area contributed by atoms with Crippen LogP contribution in [-0.2, 0) is 11.3 Å². The first-order valence-electron chi connectivity index (χ1n) is 7.55. The van der Waals surface area contributed by atoms with Gasteiger partial charge in [-0.2, -0.15) is 0 Å². The molecule has 4 nitrogen and oxygen atoms in total. The Bertz CT molecular complexity index is 450. The van der Waals surface area contributed by atoms with E-state index in [4.69, 9.17) is 5.11 Å². The Morgan fingerprint density at radius 1 is 1.38 bits per heavy atom. The molecule has 1 aliphatic rings. The second-order valence-corrected chi connectivity index (χ2v) is 5.54. The van der Waals surface area contributed by atoms with Gasteiger partial charge in [0.2, 0.25) is 5.91 Å². The summed E-state index contributed by atoms with van der Waals surface area (Å²) < 4.78 is 12.8. The molecule has 1 aliphatic heterocycles. The van der Waals surface area contributed by atoms with Crippen molar-refractivity contribution in [3.63, 3.8) is 0 Å². The molecule has 0 bridgehead atoms. The van der Waals surface area contributed by atoms with Crippen LogP contribution in [0.2, 0.25) is 0 Å². The fourth-order valence-corrected chi connectivity index (χ4v) is 2.80. The third-order valence-electron chi connectivity index (χ3n) is 3.94. The first-order valence-corrected chi connectivity index (χ1v) is 7.55. The lowest BCUT2D eigenvalue weighted by molar-refractivity contribution is -0.122. The second-order valence-electron chi connectivity index (χ2n) is 5.54. The fourth-order valence-electron chi connectivity index (χ4n) is 2.80. The summed E-state index contributed by atoms with van der Waals surface area (Å²) in [4.78, 5) is 14.2. The Morgan fingerprint density at radius 2 is 2.14 bits per heavy atom. The molecule has 0 spiro atoms. The largest absolute Gasteiger partial charge is 0.396 e. The van der Waals surface area contributed by atoms with E-state index in [1.807, 2.05) is 0 Å². The third kappa shape index (κ3) is 5.10. The molecule has 1 fully saturated rings. The third-order valence-corrected chi connectivity index (χ3v) is 3.94. The van der Waals surface area contributed by atoms with Gasteiger partial charge < -0.3 is 10.4 Å². The van der Waals surface area contributed by atoms with E-state index in [1.165, 1.54) is 12.1 Å². The molecule has 1 aromatic rings. The molecule has 21 heavy (non-hydrogen) atoms. The summed E-state index contributed by atoms with van der Waals surface area (Å²) in [7, 11) is 0. The maximum Gasteiger partial charge on any atom is 0.234 e. The second kappa shape index (κ2) is 8.10. The van der Waals surface area contributed by atoms with Gasteiger partial charge in [0.05, 0.1) is 6.54 Å². The van der Waals surface area contributed by atoms with Crippen LogP contribution in [0.15, 0.2) is 24.3 Å². The van der Waals surface area contributed by atoms with E-state index in [0.29, 0.717) is 19.1 Å². The van der Waals surface area contributed by atoms with E-state index in [2.05, 4.69) is 10.2 Å². The van der Waals surface area contributed by atoms with Gasteiger partial charge in [-0.3, -0.25) is 9.69 Å². The number of hydrogen-bond acceptors (Lipinski definition) is 3. The summed E-state index contributed by atoms with van der Waals surface area (Å²) in [5.74, 6) is -0.274. The van der Waals surface area contributed by atoms with Gasteiger partial charge in [-0.15, -0.1) is 0 Å². The number of aliphatic hydroxyl groups is 1.